The molecule has 0 saturated carbocycles. The number of aliphatic imine (C=N–C) groups is 1. The number of nitrogens with one attached hydrogen (secondary N) is 1. The Bertz CT molecular complexity index is 695. The summed E-state index contributed by atoms with van der Waals surface area (Å²) >= 11 is 5.88. The van der Waals surface area contributed by atoms with Crippen molar-refractivity contribution < 1.29 is 4.74 Å². The van der Waals surface area contributed by atoms with Crippen LogP contribution in [0.2, 0.25) is 5.02 Å². The standard InChI is InChI=1S/C14H11ClN2OS/c1-18-11-6-7-12-13(8-11)19(16)14(17-12)9-2-4-10(15)5-3-9/h2-8,16H,1H3. The van der Waals surface area contributed by atoms with Crippen molar-refractivity contribution in [3.8, 4) is 5.75 Å². The summed E-state index contributed by atoms with van der Waals surface area (Å²) in [7, 11) is 0.847. The number of methoxy groups -OCH3 is 1. The van der Waals surface area contributed by atoms with Crippen LogP contribution in [0.5, 0.6) is 5.75 Å². The average molecular weight is 291 g/mol. The molecule has 1 N–H and O–H groups in total. The second-order valence-electron chi connectivity index (χ2n) is 4.06. The van der Waals surface area contributed by atoms with Gasteiger partial charge in [0.05, 0.1) is 17.7 Å². The first kappa shape index (κ1) is 12.4. The number of benzene rings is 2. The lowest BCUT2D eigenvalue weighted by Gasteiger charge is -2.04. The Balaban J connectivity index is 2.04. The van der Waals surface area contributed by atoms with Gasteiger partial charge in [0.1, 0.15) is 10.8 Å². The molecule has 19 heavy (non-hydrogen) atoms. The minimum atomic E-state index is -0.778. The number of rotatable bonds is 2. The molecule has 2 aromatic rings. The maximum absolute atomic E-state index is 8.34. The third kappa shape index (κ3) is 2.17. The lowest BCUT2D eigenvalue weighted by atomic mass is 10.2. The zero-order valence-electron chi connectivity index (χ0n) is 10.2. The van der Waals surface area contributed by atoms with Crippen molar-refractivity contribution in [2.24, 2.45) is 4.99 Å². The van der Waals surface area contributed by atoms with E-state index in [1.807, 2.05) is 42.5 Å². The maximum atomic E-state index is 8.34. The normalized spacial score (nSPS) is 16.9. The molecule has 0 bridgehead atoms. The van der Waals surface area contributed by atoms with Gasteiger partial charge in [0.25, 0.3) is 0 Å². The van der Waals surface area contributed by atoms with Crippen LogP contribution in [0.25, 0.3) is 0 Å². The van der Waals surface area contributed by atoms with Gasteiger partial charge in [-0.25, -0.2) is 4.99 Å². The number of nitrogens with zero attached hydrogens (tertiary/aromatic N) is 1. The van der Waals surface area contributed by atoms with Crippen molar-refractivity contribution in [1.29, 1.82) is 4.78 Å². The van der Waals surface area contributed by atoms with E-state index in [-0.39, 0.29) is 0 Å². The van der Waals surface area contributed by atoms with Gasteiger partial charge in [-0.1, -0.05) is 23.7 Å². The van der Waals surface area contributed by atoms with Crippen LogP contribution in [0.3, 0.4) is 0 Å². The van der Waals surface area contributed by atoms with Gasteiger partial charge >= 0.3 is 0 Å². The smallest absolute Gasteiger partial charge is 0.120 e. The lowest BCUT2D eigenvalue weighted by Crippen LogP contribution is -2.03. The van der Waals surface area contributed by atoms with Crippen LogP contribution >= 0.6 is 11.6 Å². The highest BCUT2D eigenvalue weighted by atomic mass is 35.5. The van der Waals surface area contributed by atoms with Gasteiger partial charge in [0, 0.05) is 10.6 Å². The summed E-state index contributed by atoms with van der Waals surface area (Å²) < 4.78 is 13.5. The molecule has 3 nitrogen and oxygen atoms in total. The van der Waals surface area contributed by atoms with E-state index in [1.54, 1.807) is 7.11 Å². The largest absolute Gasteiger partial charge is 0.497 e. The van der Waals surface area contributed by atoms with Gasteiger partial charge in [-0.3, -0.25) is 4.78 Å². The van der Waals surface area contributed by atoms with Crippen LogP contribution in [0.4, 0.5) is 5.69 Å². The quantitative estimate of drug-likeness (QED) is 0.886. The minimum absolute atomic E-state index is 0.686. The van der Waals surface area contributed by atoms with Crippen LogP contribution in [-0.4, -0.2) is 12.2 Å². The fourth-order valence-electron chi connectivity index (χ4n) is 1.91. The Hall–Kier alpha value is -1.65. The Morgan fingerprint density at radius 2 is 1.89 bits per heavy atom. The molecule has 1 aliphatic heterocycles. The summed E-state index contributed by atoms with van der Waals surface area (Å²) in [5.41, 5.74) is 1.79. The molecule has 0 spiro atoms. The molecule has 1 aliphatic rings. The van der Waals surface area contributed by atoms with E-state index in [0.717, 1.165) is 26.9 Å². The molecular weight excluding hydrogens is 280 g/mol. The van der Waals surface area contributed by atoms with Crippen molar-refractivity contribution >= 4 is 33.0 Å². The molecule has 5 heteroatoms. The van der Waals surface area contributed by atoms with E-state index < -0.39 is 10.7 Å². The van der Waals surface area contributed by atoms with Crippen molar-refractivity contribution in [2.75, 3.05) is 7.11 Å². The molecule has 0 saturated heterocycles. The SMILES string of the molecule is COc1ccc2c(c1)S(=N)C(c1ccc(Cl)cc1)=N2. The highest BCUT2D eigenvalue weighted by Gasteiger charge is 2.21. The fourth-order valence-corrected chi connectivity index (χ4v) is 3.36. The van der Waals surface area contributed by atoms with Gasteiger partial charge in [-0.2, -0.15) is 0 Å². The van der Waals surface area contributed by atoms with Gasteiger partial charge in [-0.15, -0.1) is 0 Å². The molecule has 0 radical (unpaired) electrons. The van der Waals surface area contributed by atoms with Crippen molar-refractivity contribution in [2.45, 2.75) is 4.90 Å². The molecule has 96 valence electrons. The van der Waals surface area contributed by atoms with Gasteiger partial charge in [0.15, 0.2) is 0 Å². The van der Waals surface area contributed by atoms with Crippen LogP contribution in [0, 0.1) is 4.78 Å². The van der Waals surface area contributed by atoms with Crippen LogP contribution in [0.15, 0.2) is 52.4 Å². The summed E-state index contributed by atoms with van der Waals surface area (Å²) in [6.07, 6.45) is 0. The number of fused-ring (bicyclic) bond motifs is 1. The van der Waals surface area contributed by atoms with E-state index in [2.05, 4.69) is 4.99 Å². The zero-order valence-corrected chi connectivity index (χ0v) is 11.8. The third-order valence-electron chi connectivity index (χ3n) is 2.89. The molecule has 2 aromatic carbocycles. The predicted octanol–water partition coefficient (Wildman–Crippen LogP) is 4.18. The highest BCUT2D eigenvalue weighted by Crippen LogP contribution is 2.35. The summed E-state index contributed by atoms with van der Waals surface area (Å²) in [5.74, 6) is 0.760. The molecule has 0 fully saturated rings. The number of ether oxygens (including phenoxy) is 1. The van der Waals surface area contributed by atoms with Crippen LogP contribution in [-0.2, 0) is 10.7 Å². The lowest BCUT2D eigenvalue weighted by molar-refractivity contribution is 0.414. The van der Waals surface area contributed by atoms with Crippen molar-refractivity contribution in [3.63, 3.8) is 0 Å². The predicted molar refractivity (Wildman–Crippen MR) is 79.0 cm³/mol. The van der Waals surface area contributed by atoms with E-state index >= 15 is 0 Å². The number of hydrogen-bond donors (Lipinski definition) is 1. The Labute approximate surface area is 118 Å². The van der Waals surface area contributed by atoms with Crippen LogP contribution in [0.1, 0.15) is 5.56 Å². The highest BCUT2D eigenvalue weighted by molar-refractivity contribution is 8.02. The molecule has 1 heterocycles. The molecule has 1 unspecified atom stereocenters. The van der Waals surface area contributed by atoms with Crippen molar-refractivity contribution in [3.05, 3.63) is 53.1 Å². The van der Waals surface area contributed by atoms with Gasteiger partial charge in [0.2, 0.25) is 0 Å². The molecule has 1 atom stereocenters. The summed E-state index contributed by atoms with van der Waals surface area (Å²) in [6, 6.07) is 13.1. The third-order valence-corrected chi connectivity index (χ3v) is 4.63. The minimum Gasteiger partial charge on any atom is -0.497 e. The first-order chi connectivity index (χ1) is 9.19. The fraction of sp³-hybridized carbons (Fsp3) is 0.0714. The molecular formula is C14H11ClN2OS. The molecule has 0 aromatic heterocycles. The second kappa shape index (κ2) is 4.79. The zero-order chi connectivity index (χ0) is 13.4. The van der Waals surface area contributed by atoms with Gasteiger partial charge in [-0.05, 0) is 41.0 Å². The Morgan fingerprint density at radius 1 is 1.16 bits per heavy atom. The topological polar surface area (TPSA) is 45.4 Å². The maximum Gasteiger partial charge on any atom is 0.120 e. The molecule has 0 aliphatic carbocycles. The summed E-state index contributed by atoms with van der Waals surface area (Å²) in [5, 5.41) is 1.46. The average Bonchev–Trinajstić information content (AvgIpc) is 2.76. The van der Waals surface area contributed by atoms with Crippen LogP contribution < -0.4 is 4.74 Å². The summed E-state index contributed by atoms with van der Waals surface area (Å²) in [4.78, 5) is 5.46. The Kier molecular flexibility index (Phi) is 3.12. The number of halogens is 1. The Morgan fingerprint density at radius 3 is 2.58 bits per heavy atom. The first-order valence-corrected chi connectivity index (χ1v) is 7.27. The molecule has 3 rings (SSSR count). The number of hydrogen-bond acceptors (Lipinski definition) is 3. The van der Waals surface area contributed by atoms with Crippen molar-refractivity contribution in [1.82, 2.24) is 0 Å². The van der Waals surface area contributed by atoms with E-state index in [9.17, 15) is 0 Å². The second-order valence-corrected chi connectivity index (χ2v) is 5.94. The first-order valence-electron chi connectivity index (χ1n) is 5.67. The van der Waals surface area contributed by atoms with Gasteiger partial charge < -0.3 is 4.74 Å². The van der Waals surface area contributed by atoms with E-state index in [1.165, 1.54) is 0 Å². The van der Waals surface area contributed by atoms with E-state index in [4.69, 9.17) is 21.1 Å². The molecule has 0 amide bonds. The van der Waals surface area contributed by atoms with E-state index in [0.29, 0.717) is 5.02 Å². The monoisotopic (exact) mass is 290 g/mol. The summed E-state index contributed by atoms with van der Waals surface area (Å²) in [6.45, 7) is 0.